The minimum atomic E-state index is 0. The monoisotopic (exact) mass is 308 g/mol. The summed E-state index contributed by atoms with van der Waals surface area (Å²) in [4.78, 5) is 19.4. The molecule has 5 nitrogen and oxygen atoms in total. The smallest absolute Gasteiger partial charge is 0.224 e. The molecular weight excluding hydrogens is 288 g/mol. The maximum absolute atomic E-state index is 12.0. The molecule has 1 atom stereocenters. The van der Waals surface area contributed by atoms with E-state index in [-0.39, 0.29) is 18.3 Å². The summed E-state index contributed by atoms with van der Waals surface area (Å²) < 4.78 is 0. The van der Waals surface area contributed by atoms with Crippen LogP contribution in [0.5, 0.6) is 0 Å². The predicted molar refractivity (Wildman–Crippen MR) is 85.6 cm³/mol. The number of piperidine rings is 1. The average Bonchev–Trinajstić information content (AvgIpc) is 2.90. The minimum Gasteiger partial charge on any atom is -0.355 e. The first kappa shape index (κ1) is 15.8. The largest absolute Gasteiger partial charge is 0.355 e. The standard InChI is InChI=1S/C15H20N4O.ClH/c20-14(18-9-11-3-1-5-16-8-11)7-12-10-19-15-13(12)4-2-6-17-15;/h2,4,6,10-11,16H,1,3,5,7-9H2,(H,17,19)(H,18,20);1H. The van der Waals surface area contributed by atoms with Gasteiger partial charge >= 0.3 is 0 Å². The van der Waals surface area contributed by atoms with E-state index < -0.39 is 0 Å². The van der Waals surface area contributed by atoms with E-state index in [9.17, 15) is 4.79 Å². The quantitative estimate of drug-likeness (QED) is 0.804. The van der Waals surface area contributed by atoms with Crippen molar-refractivity contribution in [2.45, 2.75) is 19.3 Å². The highest BCUT2D eigenvalue weighted by atomic mass is 35.5. The highest BCUT2D eigenvalue weighted by Gasteiger charge is 2.14. The third-order valence-electron chi connectivity index (χ3n) is 3.87. The second-order valence-electron chi connectivity index (χ2n) is 5.41. The minimum absolute atomic E-state index is 0. The summed E-state index contributed by atoms with van der Waals surface area (Å²) >= 11 is 0. The topological polar surface area (TPSA) is 69.8 Å². The lowest BCUT2D eigenvalue weighted by Gasteiger charge is -2.22. The first-order valence-corrected chi connectivity index (χ1v) is 7.21. The Morgan fingerprint density at radius 1 is 1.48 bits per heavy atom. The molecule has 6 heteroatoms. The molecule has 1 aliphatic rings. The Bertz CT molecular complexity index is 592. The third kappa shape index (κ3) is 3.95. The van der Waals surface area contributed by atoms with Crippen molar-refractivity contribution in [3.05, 3.63) is 30.1 Å². The van der Waals surface area contributed by atoms with Crippen LogP contribution < -0.4 is 10.6 Å². The first-order chi connectivity index (χ1) is 9.83. The van der Waals surface area contributed by atoms with Gasteiger partial charge in [0.05, 0.1) is 6.42 Å². The summed E-state index contributed by atoms with van der Waals surface area (Å²) in [6.07, 6.45) is 6.43. The zero-order valence-corrected chi connectivity index (χ0v) is 12.7. The van der Waals surface area contributed by atoms with Crippen LogP contribution in [-0.2, 0) is 11.2 Å². The third-order valence-corrected chi connectivity index (χ3v) is 3.87. The van der Waals surface area contributed by atoms with Gasteiger partial charge in [0, 0.05) is 24.3 Å². The molecule has 0 spiro atoms. The van der Waals surface area contributed by atoms with Crippen molar-refractivity contribution in [1.29, 1.82) is 0 Å². The molecule has 0 saturated carbocycles. The van der Waals surface area contributed by atoms with Crippen molar-refractivity contribution < 1.29 is 4.79 Å². The Labute approximate surface area is 130 Å². The van der Waals surface area contributed by atoms with Gasteiger partial charge in [-0.15, -0.1) is 12.4 Å². The van der Waals surface area contributed by atoms with Gasteiger partial charge in [0.15, 0.2) is 0 Å². The molecule has 3 rings (SSSR count). The molecule has 1 amide bonds. The number of pyridine rings is 1. The van der Waals surface area contributed by atoms with Crippen molar-refractivity contribution in [1.82, 2.24) is 20.6 Å². The van der Waals surface area contributed by atoms with E-state index in [1.807, 2.05) is 18.3 Å². The van der Waals surface area contributed by atoms with Crippen LogP contribution in [0.1, 0.15) is 18.4 Å². The second kappa shape index (κ2) is 7.43. The number of aromatic amines is 1. The summed E-state index contributed by atoms with van der Waals surface area (Å²) in [7, 11) is 0. The lowest BCUT2D eigenvalue weighted by Crippen LogP contribution is -2.38. The average molecular weight is 309 g/mol. The molecule has 1 aliphatic heterocycles. The van der Waals surface area contributed by atoms with Gasteiger partial charge in [-0.25, -0.2) is 4.98 Å². The van der Waals surface area contributed by atoms with Crippen LogP contribution >= 0.6 is 12.4 Å². The van der Waals surface area contributed by atoms with E-state index in [1.165, 1.54) is 12.8 Å². The Morgan fingerprint density at radius 3 is 3.19 bits per heavy atom. The van der Waals surface area contributed by atoms with Crippen molar-refractivity contribution in [3.8, 4) is 0 Å². The van der Waals surface area contributed by atoms with Gasteiger partial charge in [0.2, 0.25) is 5.91 Å². The van der Waals surface area contributed by atoms with E-state index in [0.29, 0.717) is 12.3 Å². The van der Waals surface area contributed by atoms with E-state index in [0.717, 1.165) is 36.2 Å². The van der Waals surface area contributed by atoms with Gasteiger partial charge in [-0.3, -0.25) is 4.79 Å². The Hall–Kier alpha value is -1.59. The second-order valence-corrected chi connectivity index (χ2v) is 5.41. The van der Waals surface area contributed by atoms with Crippen LogP contribution in [0, 0.1) is 5.92 Å². The van der Waals surface area contributed by atoms with Gasteiger partial charge in [0.1, 0.15) is 5.65 Å². The van der Waals surface area contributed by atoms with Gasteiger partial charge in [-0.05, 0) is 49.5 Å². The van der Waals surface area contributed by atoms with Crippen molar-refractivity contribution in [2.75, 3.05) is 19.6 Å². The fraction of sp³-hybridized carbons (Fsp3) is 0.467. The Balaban J connectivity index is 0.00000161. The number of aromatic nitrogens is 2. The lowest BCUT2D eigenvalue weighted by atomic mass is 10.00. The molecule has 0 aromatic carbocycles. The van der Waals surface area contributed by atoms with Crippen LogP contribution in [0.25, 0.3) is 11.0 Å². The molecule has 3 N–H and O–H groups in total. The Morgan fingerprint density at radius 2 is 2.38 bits per heavy atom. The van der Waals surface area contributed by atoms with Gasteiger partial charge in [-0.1, -0.05) is 0 Å². The van der Waals surface area contributed by atoms with E-state index in [4.69, 9.17) is 0 Å². The fourth-order valence-corrected chi connectivity index (χ4v) is 2.75. The number of hydrogen-bond acceptors (Lipinski definition) is 3. The number of hydrogen-bond donors (Lipinski definition) is 3. The van der Waals surface area contributed by atoms with E-state index >= 15 is 0 Å². The molecule has 21 heavy (non-hydrogen) atoms. The van der Waals surface area contributed by atoms with Crippen LogP contribution in [0.15, 0.2) is 24.5 Å². The van der Waals surface area contributed by atoms with Gasteiger partial charge in [0.25, 0.3) is 0 Å². The number of halogens is 1. The summed E-state index contributed by atoms with van der Waals surface area (Å²) in [6, 6.07) is 3.89. The molecule has 114 valence electrons. The molecule has 1 fully saturated rings. The molecule has 0 aliphatic carbocycles. The van der Waals surface area contributed by atoms with Crippen LogP contribution in [0.3, 0.4) is 0 Å². The van der Waals surface area contributed by atoms with Crippen LogP contribution in [-0.4, -0.2) is 35.5 Å². The summed E-state index contributed by atoms with van der Waals surface area (Å²) in [6.45, 7) is 2.89. The maximum Gasteiger partial charge on any atom is 0.224 e. The van der Waals surface area contributed by atoms with E-state index in [1.54, 1.807) is 6.20 Å². The molecule has 1 unspecified atom stereocenters. The molecule has 1 saturated heterocycles. The van der Waals surface area contributed by atoms with Crippen molar-refractivity contribution in [2.24, 2.45) is 5.92 Å². The molecule has 2 aromatic heterocycles. The number of nitrogens with one attached hydrogen (secondary N) is 3. The molecule has 3 heterocycles. The number of carbonyl (C=O) groups excluding carboxylic acids is 1. The lowest BCUT2D eigenvalue weighted by molar-refractivity contribution is -0.120. The first-order valence-electron chi connectivity index (χ1n) is 7.21. The number of amides is 1. The van der Waals surface area contributed by atoms with Crippen molar-refractivity contribution >= 4 is 29.3 Å². The maximum atomic E-state index is 12.0. The normalized spacial score (nSPS) is 18.2. The molecule has 0 radical (unpaired) electrons. The highest BCUT2D eigenvalue weighted by molar-refractivity contribution is 5.87. The molecule has 0 bridgehead atoms. The van der Waals surface area contributed by atoms with Gasteiger partial charge in [-0.2, -0.15) is 0 Å². The van der Waals surface area contributed by atoms with Gasteiger partial charge < -0.3 is 15.6 Å². The molecular formula is C15H21ClN4O. The number of nitrogens with zero attached hydrogens (tertiary/aromatic N) is 1. The predicted octanol–water partition coefficient (Wildman–Crippen LogP) is 1.64. The highest BCUT2D eigenvalue weighted by Crippen LogP contribution is 2.16. The van der Waals surface area contributed by atoms with Crippen molar-refractivity contribution in [3.63, 3.8) is 0 Å². The van der Waals surface area contributed by atoms with Crippen LogP contribution in [0.2, 0.25) is 0 Å². The summed E-state index contributed by atoms with van der Waals surface area (Å²) in [5.74, 6) is 0.651. The molecule has 2 aromatic rings. The fourth-order valence-electron chi connectivity index (χ4n) is 2.75. The number of rotatable bonds is 4. The van der Waals surface area contributed by atoms with E-state index in [2.05, 4.69) is 20.6 Å². The zero-order chi connectivity index (χ0) is 13.8. The van der Waals surface area contributed by atoms with Crippen LogP contribution in [0.4, 0.5) is 0 Å². The number of fused-ring (bicyclic) bond motifs is 1. The Kier molecular flexibility index (Phi) is 5.59. The summed E-state index contributed by atoms with van der Waals surface area (Å²) in [5.41, 5.74) is 1.85. The summed E-state index contributed by atoms with van der Waals surface area (Å²) in [5, 5.41) is 7.44. The SMILES string of the molecule is Cl.O=C(Cc1c[nH]c2ncccc12)NCC1CCCNC1. The zero-order valence-electron chi connectivity index (χ0n) is 11.9. The number of carbonyl (C=O) groups is 1. The number of H-pyrrole nitrogens is 1.